The fourth-order valence-electron chi connectivity index (χ4n) is 3.70. The van der Waals surface area contributed by atoms with E-state index in [0.717, 1.165) is 11.3 Å². The maximum atomic E-state index is 12.8. The summed E-state index contributed by atoms with van der Waals surface area (Å²) in [5.74, 6) is 0.565. The van der Waals surface area contributed by atoms with E-state index in [2.05, 4.69) is 9.97 Å². The van der Waals surface area contributed by atoms with Crippen LogP contribution in [0, 0.1) is 6.92 Å². The number of amides is 3. The number of benzene rings is 1. The van der Waals surface area contributed by atoms with Gasteiger partial charge in [-0.1, -0.05) is 17.7 Å². The van der Waals surface area contributed by atoms with Crippen molar-refractivity contribution in [3.05, 3.63) is 42.2 Å². The first-order valence-corrected chi connectivity index (χ1v) is 9.97. The molecule has 0 bridgehead atoms. The van der Waals surface area contributed by atoms with Crippen LogP contribution in [0.2, 0.25) is 0 Å². The molecule has 1 aromatic carbocycles. The van der Waals surface area contributed by atoms with Crippen LogP contribution in [0.5, 0.6) is 11.8 Å². The fourth-order valence-corrected chi connectivity index (χ4v) is 3.70. The Kier molecular flexibility index (Phi) is 5.69. The van der Waals surface area contributed by atoms with Crippen molar-refractivity contribution < 1.29 is 19.1 Å². The van der Waals surface area contributed by atoms with Crippen molar-refractivity contribution in [3.8, 4) is 11.8 Å². The predicted molar refractivity (Wildman–Crippen MR) is 110 cm³/mol. The van der Waals surface area contributed by atoms with Gasteiger partial charge >= 0.3 is 6.03 Å². The van der Waals surface area contributed by atoms with Crippen LogP contribution in [0.3, 0.4) is 0 Å². The van der Waals surface area contributed by atoms with Gasteiger partial charge in [-0.25, -0.2) is 14.8 Å². The Morgan fingerprint density at radius 2 is 1.83 bits per heavy atom. The van der Waals surface area contributed by atoms with Gasteiger partial charge in [0.05, 0.1) is 13.7 Å². The molecule has 0 radical (unpaired) electrons. The Morgan fingerprint density at radius 1 is 1.10 bits per heavy atom. The third-order valence-corrected chi connectivity index (χ3v) is 5.37. The molecule has 1 aromatic heterocycles. The number of aromatic nitrogens is 2. The van der Waals surface area contributed by atoms with Gasteiger partial charge in [-0.3, -0.25) is 9.69 Å². The first kappa shape index (κ1) is 19.9. The number of nitrogens with zero attached hydrogens (tertiary/aromatic N) is 5. The predicted octanol–water partition coefficient (Wildman–Crippen LogP) is 1.72. The number of aryl methyl sites for hydroxylation is 1. The molecular weight excluding hydrogens is 386 g/mol. The summed E-state index contributed by atoms with van der Waals surface area (Å²) < 4.78 is 11.0. The van der Waals surface area contributed by atoms with E-state index in [-0.39, 0.29) is 24.6 Å². The minimum Gasteiger partial charge on any atom is -0.477 e. The Balaban J connectivity index is 1.31. The highest BCUT2D eigenvalue weighted by molar-refractivity contribution is 5.96. The summed E-state index contributed by atoms with van der Waals surface area (Å²) in [5.41, 5.74) is 2.00. The molecule has 9 nitrogen and oxygen atoms in total. The second-order valence-corrected chi connectivity index (χ2v) is 7.43. The second-order valence-electron chi connectivity index (χ2n) is 7.43. The molecule has 30 heavy (non-hydrogen) atoms. The van der Waals surface area contributed by atoms with Gasteiger partial charge in [0.25, 0.3) is 11.8 Å². The third-order valence-electron chi connectivity index (χ3n) is 5.37. The average molecular weight is 411 g/mol. The van der Waals surface area contributed by atoms with Gasteiger partial charge in [0.2, 0.25) is 5.91 Å². The zero-order chi connectivity index (χ0) is 21.1. The molecule has 2 aliphatic rings. The van der Waals surface area contributed by atoms with Crippen molar-refractivity contribution in [2.24, 2.45) is 0 Å². The van der Waals surface area contributed by atoms with Crippen LogP contribution in [0.15, 0.2) is 36.7 Å². The molecule has 2 aromatic rings. The topological polar surface area (TPSA) is 88.1 Å². The molecule has 4 rings (SSSR count). The summed E-state index contributed by atoms with van der Waals surface area (Å²) in [4.78, 5) is 38.8. The Bertz CT molecular complexity index is 920. The maximum absolute atomic E-state index is 12.8. The van der Waals surface area contributed by atoms with E-state index in [1.807, 2.05) is 31.2 Å². The summed E-state index contributed by atoms with van der Waals surface area (Å²) in [6.07, 6.45) is 3.57. The van der Waals surface area contributed by atoms with Crippen LogP contribution in [0.25, 0.3) is 0 Å². The van der Waals surface area contributed by atoms with Gasteiger partial charge in [0.15, 0.2) is 0 Å². The Morgan fingerprint density at radius 3 is 2.57 bits per heavy atom. The van der Waals surface area contributed by atoms with Crippen molar-refractivity contribution >= 4 is 17.6 Å². The van der Waals surface area contributed by atoms with E-state index >= 15 is 0 Å². The molecule has 1 atom stereocenters. The Labute approximate surface area is 175 Å². The third kappa shape index (κ3) is 4.14. The van der Waals surface area contributed by atoms with Gasteiger partial charge in [-0.15, -0.1) is 0 Å². The molecule has 9 heteroatoms. The summed E-state index contributed by atoms with van der Waals surface area (Å²) >= 11 is 0. The number of carbonyl (C=O) groups excluding carboxylic acids is 2. The molecule has 3 heterocycles. The number of rotatable bonds is 6. The first-order valence-electron chi connectivity index (χ1n) is 9.97. The van der Waals surface area contributed by atoms with Crippen molar-refractivity contribution in [3.63, 3.8) is 0 Å². The normalized spacial score (nSPS) is 18.8. The number of anilines is 1. The second kappa shape index (κ2) is 8.56. The molecule has 0 saturated carbocycles. The minimum atomic E-state index is -0.183. The highest BCUT2D eigenvalue weighted by Crippen LogP contribution is 2.25. The van der Waals surface area contributed by atoms with Crippen molar-refractivity contribution in [1.29, 1.82) is 0 Å². The number of ether oxygens (including phenoxy) is 2. The lowest BCUT2D eigenvalue weighted by molar-refractivity contribution is -0.130. The number of hydrogen-bond acceptors (Lipinski definition) is 6. The van der Waals surface area contributed by atoms with Gasteiger partial charge in [0.1, 0.15) is 12.6 Å². The van der Waals surface area contributed by atoms with E-state index < -0.39 is 0 Å². The maximum Gasteiger partial charge on any atom is 0.325 e. The number of methoxy groups -OCH3 is 1. The van der Waals surface area contributed by atoms with Crippen LogP contribution in [0.4, 0.5) is 10.5 Å². The quantitative estimate of drug-likeness (QED) is 0.719. The molecule has 2 saturated heterocycles. The SMILES string of the molecule is COc1nccnc1OC1CCN(C(=O)CN2CCN(c3ccc(C)cc3)C2=O)C1. The largest absolute Gasteiger partial charge is 0.477 e. The molecule has 158 valence electrons. The molecule has 0 N–H and O–H groups in total. The lowest BCUT2D eigenvalue weighted by Crippen LogP contribution is -2.42. The molecule has 2 aliphatic heterocycles. The molecular formula is C21H25N5O4. The van der Waals surface area contributed by atoms with Crippen LogP contribution in [-0.2, 0) is 4.79 Å². The van der Waals surface area contributed by atoms with Crippen LogP contribution >= 0.6 is 0 Å². The average Bonchev–Trinajstić information content (AvgIpc) is 3.36. The summed E-state index contributed by atoms with van der Waals surface area (Å²) in [6, 6.07) is 7.69. The van der Waals surface area contributed by atoms with Gasteiger partial charge in [0, 0.05) is 44.1 Å². The number of hydrogen-bond donors (Lipinski definition) is 0. The lowest BCUT2D eigenvalue weighted by atomic mass is 10.2. The standard InChI is InChI=1S/C21H25N5O4/c1-15-3-5-16(6-4-15)26-12-11-25(21(26)28)14-18(27)24-10-7-17(13-24)30-20-19(29-2)22-8-9-23-20/h3-6,8-9,17H,7,10-14H2,1-2H3. The monoisotopic (exact) mass is 411 g/mol. The first-order chi connectivity index (χ1) is 14.5. The highest BCUT2D eigenvalue weighted by Gasteiger charge is 2.34. The molecule has 2 fully saturated rings. The molecule has 1 unspecified atom stereocenters. The lowest BCUT2D eigenvalue weighted by Gasteiger charge is -2.22. The number of urea groups is 1. The van der Waals surface area contributed by atoms with E-state index in [0.29, 0.717) is 44.4 Å². The van der Waals surface area contributed by atoms with Gasteiger partial charge < -0.3 is 19.3 Å². The Hall–Kier alpha value is -3.36. The number of likely N-dealkylation sites (tertiary alicyclic amines) is 1. The summed E-state index contributed by atoms with van der Waals surface area (Å²) in [6.45, 7) is 4.21. The van der Waals surface area contributed by atoms with Gasteiger partial charge in [-0.05, 0) is 19.1 Å². The van der Waals surface area contributed by atoms with Crippen LogP contribution in [0.1, 0.15) is 12.0 Å². The molecule has 3 amide bonds. The minimum absolute atomic E-state index is 0.0718. The van der Waals surface area contributed by atoms with Crippen LogP contribution < -0.4 is 14.4 Å². The molecule has 0 spiro atoms. The number of carbonyl (C=O) groups is 2. The van der Waals surface area contributed by atoms with Crippen molar-refractivity contribution in [2.75, 3.05) is 44.7 Å². The zero-order valence-corrected chi connectivity index (χ0v) is 17.2. The summed E-state index contributed by atoms with van der Waals surface area (Å²) in [7, 11) is 1.51. The van der Waals surface area contributed by atoms with E-state index in [4.69, 9.17) is 9.47 Å². The van der Waals surface area contributed by atoms with E-state index in [1.165, 1.54) is 19.5 Å². The van der Waals surface area contributed by atoms with Crippen molar-refractivity contribution in [2.45, 2.75) is 19.4 Å². The highest BCUT2D eigenvalue weighted by atomic mass is 16.5. The van der Waals surface area contributed by atoms with Crippen LogP contribution in [-0.4, -0.2) is 77.6 Å². The molecule has 0 aliphatic carbocycles. The summed E-state index contributed by atoms with van der Waals surface area (Å²) in [5, 5.41) is 0. The zero-order valence-electron chi connectivity index (χ0n) is 17.2. The van der Waals surface area contributed by atoms with Crippen molar-refractivity contribution in [1.82, 2.24) is 19.8 Å². The van der Waals surface area contributed by atoms with E-state index in [9.17, 15) is 9.59 Å². The van der Waals surface area contributed by atoms with Gasteiger partial charge in [-0.2, -0.15) is 0 Å². The smallest absolute Gasteiger partial charge is 0.325 e. The fraction of sp³-hybridized carbons (Fsp3) is 0.429. The van der Waals surface area contributed by atoms with E-state index in [1.54, 1.807) is 14.7 Å².